The zero-order chi connectivity index (χ0) is 17.4. The van der Waals surface area contributed by atoms with Gasteiger partial charge < -0.3 is 14.5 Å². The van der Waals surface area contributed by atoms with Crippen LogP contribution in [0.3, 0.4) is 0 Å². The summed E-state index contributed by atoms with van der Waals surface area (Å²) >= 11 is 0. The topological polar surface area (TPSA) is 86.9 Å². The summed E-state index contributed by atoms with van der Waals surface area (Å²) in [6.45, 7) is 8.33. The summed E-state index contributed by atoms with van der Waals surface area (Å²) in [4.78, 5) is 27.2. The Morgan fingerprint density at radius 2 is 2.17 bits per heavy atom. The first-order chi connectivity index (χ1) is 10.7. The SMILES string of the molecule is CCC(C(=O)O)C1CCN(C)C(=O)N1c1cc(C(C)(C)C)on1. The molecule has 1 aromatic heterocycles. The second kappa shape index (κ2) is 6.22. The molecule has 0 spiro atoms. The molecule has 23 heavy (non-hydrogen) atoms. The van der Waals surface area contributed by atoms with Gasteiger partial charge in [-0.15, -0.1) is 0 Å². The third-order valence-corrected chi connectivity index (χ3v) is 4.33. The van der Waals surface area contributed by atoms with Crippen LogP contribution in [-0.4, -0.2) is 46.8 Å². The van der Waals surface area contributed by atoms with Gasteiger partial charge in [-0.05, 0) is 12.8 Å². The lowest BCUT2D eigenvalue weighted by Gasteiger charge is -2.40. The number of urea groups is 1. The largest absolute Gasteiger partial charge is 0.481 e. The number of aromatic nitrogens is 1. The van der Waals surface area contributed by atoms with Crippen molar-refractivity contribution in [1.29, 1.82) is 0 Å². The van der Waals surface area contributed by atoms with E-state index in [0.717, 1.165) is 0 Å². The van der Waals surface area contributed by atoms with Gasteiger partial charge in [0.25, 0.3) is 0 Å². The zero-order valence-corrected chi connectivity index (χ0v) is 14.4. The number of carbonyl (C=O) groups excluding carboxylic acids is 1. The number of amides is 2. The van der Waals surface area contributed by atoms with Gasteiger partial charge in [0.2, 0.25) is 0 Å². The van der Waals surface area contributed by atoms with E-state index in [0.29, 0.717) is 31.0 Å². The molecule has 1 aromatic rings. The van der Waals surface area contributed by atoms with E-state index in [-0.39, 0.29) is 11.4 Å². The average Bonchev–Trinajstić information content (AvgIpc) is 2.92. The summed E-state index contributed by atoms with van der Waals surface area (Å²) in [5, 5.41) is 13.5. The molecule has 1 N–H and O–H groups in total. The first kappa shape index (κ1) is 17.3. The van der Waals surface area contributed by atoms with Gasteiger partial charge in [0.05, 0.1) is 12.0 Å². The molecule has 1 saturated heterocycles. The Hall–Kier alpha value is -2.05. The highest BCUT2D eigenvalue weighted by atomic mass is 16.5. The Kier molecular flexibility index (Phi) is 4.68. The van der Waals surface area contributed by atoms with Crippen molar-refractivity contribution >= 4 is 17.8 Å². The Morgan fingerprint density at radius 1 is 1.52 bits per heavy atom. The molecule has 2 rings (SSSR count). The van der Waals surface area contributed by atoms with Gasteiger partial charge in [-0.2, -0.15) is 0 Å². The molecule has 7 heteroatoms. The minimum atomic E-state index is -0.889. The molecule has 0 aliphatic carbocycles. The van der Waals surface area contributed by atoms with Crippen LogP contribution in [0, 0.1) is 5.92 Å². The van der Waals surface area contributed by atoms with E-state index in [9.17, 15) is 14.7 Å². The number of anilines is 1. The van der Waals surface area contributed by atoms with Crippen molar-refractivity contribution in [3.63, 3.8) is 0 Å². The molecule has 0 saturated carbocycles. The fraction of sp³-hybridized carbons (Fsp3) is 0.688. The molecule has 2 heterocycles. The molecule has 2 unspecified atom stereocenters. The van der Waals surface area contributed by atoms with Crippen molar-refractivity contribution in [2.45, 2.75) is 52.0 Å². The standard InChI is InChI=1S/C16H25N3O4/c1-6-10(14(20)21)11-7-8-18(5)15(22)19(11)13-9-12(23-17-13)16(2,3)4/h9-11H,6-8H2,1-5H3,(H,20,21). The molecule has 2 atom stereocenters. The molecule has 7 nitrogen and oxygen atoms in total. The fourth-order valence-electron chi connectivity index (χ4n) is 2.87. The van der Waals surface area contributed by atoms with Gasteiger partial charge in [-0.25, -0.2) is 4.79 Å². The van der Waals surface area contributed by atoms with Crippen molar-refractivity contribution < 1.29 is 19.2 Å². The second-order valence-electron chi connectivity index (χ2n) is 7.08. The zero-order valence-electron chi connectivity index (χ0n) is 14.4. The van der Waals surface area contributed by atoms with Crippen LogP contribution < -0.4 is 4.90 Å². The van der Waals surface area contributed by atoms with Crippen molar-refractivity contribution in [1.82, 2.24) is 10.1 Å². The fourth-order valence-corrected chi connectivity index (χ4v) is 2.87. The number of hydrogen-bond acceptors (Lipinski definition) is 4. The number of nitrogens with zero attached hydrogens (tertiary/aromatic N) is 3. The summed E-state index contributed by atoms with van der Waals surface area (Å²) in [7, 11) is 1.71. The Morgan fingerprint density at radius 3 is 2.65 bits per heavy atom. The molecule has 0 radical (unpaired) electrons. The first-order valence-corrected chi connectivity index (χ1v) is 7.91. The lowest BCUT2D eigenvalue weighted by atomic mass is 9.91. The summed E-state index contributed by atoms with van der Waals surface area (Å²) < 4.78 is 5.38. The van der Waals surface area contributed by atoms with Gasteiger partial charge in [-0.3, -0.25) is 9.69 Å². The molecule has 128 valence electrons. The normalized spacial score (nSPS) is 20.7. The molecular weight excluding hydrogens is 298 g/mol. The second-order valence-corrected chi connectivity index (χ2v) is 7.08. The lowest BCUT2D eigenvalue weighted by molar-refractivity contribution is -0.142. The maximum atomic E-state index is 12.6. The number of hydrogen-bond donors (Lipinski definition) is 1. The Balaban J connectivity index is 2.41. The van der Waals surface area contributed by atoms with Crippen LogP contribution in [0.5, 0.6) is 0 Å². The molecule has 1 fully saturated rings. The molecule has 0 bridgehead atoms. The van der Waals surface area contributed by atoms with E-state index in [1.54, 1.807) is 18.0 Å². The van der Waals surface area contributed by atoms with Gasteiger partial charge in [0.1, 0.15) is 5.76 Å². The Labute approximate surface area is 136 Å². The highest BCUT2D eigenvalue weighted by Crippen LogP contribution is 2.32. The van der Waals surface area contributed by atoms with Crippen LogP contribution >= 0.6 is 0 Å². The number of aliphatic carboxylic acids is 1. The number of carboxylic acid groups (broad SMARTS) is 1. The quantitative estimate of drug-likeness (QED) is 0.920. The van der Waals surface area contributed by atoms with Crippen molar-refractivity contribution in [2.24, 2.45) is 5.92 Å². The summed E-state index contributed by atoms with van der Waals surface area (Å²) in [6, 6.07) is 1.08. The molecule has 2 amide bonds. The monoisotopic (exact) mass is 323 g/mol. The van der Waals surface area contributed by atoms with E-state index in [2.05, 4.69) is 5.16 Å². The first-order valence-electron chi connectivity index (χ1n) is 7.91. The predicted octanol–water partition coefficient (Wildman–Crippen LogP) is 2.71. The van der Waals surface area contributed by atoms with E-state index in [4.69, 9.17) is 4.52 Å². The van der Waals surface area contributed by atoms with Crippen molar-refractivity contribution in [3.05, 3.63) is 11.8 Å². The smallest absolute Gasteiger partial charge is 0.325 e. The maximum absolute atomic E-state index is 12.6. The van der Waals surface area contributed by atoms with Crippen LogP contribution in [0.15, 0.2) is 10.6 Å². The molecule has 1 aliphatic rings. The van der Waals surface area contributed by atoms with Gasteiger partial charge in [0.15, 0.2) is 5.82 Å². The van der Waals surface area contributed by atoms with Crippen LogP contribution in [0.1, 0.15) is 46.3 Å². The Bertz CT molecular complexity index is 590. The predicted molar refractivity (Wildman–Crippen MR) is 85.5 cm³/mol. The number of rotatable bonds is 4. The van der Waals surface area contributed by atoms with Crippen LogP contribution in [0.4, 0.5) is 10.6 Å². The van der Waals surface area contributed by atoms with E-state index < -0.39 is 17.9 Å². The van der Waals surface area contributed by atoms with Crippen LogP contribution in [0.25, 0.3) is 0 Å². The highest BCUT2D eigenvalue weighted by Gasteiger charge is 2.41. The van der Waals surface area contributed by atoms with Gasteiger partial charge in [0, 0.05) is 25.1 Å². The van der Waals surface area contributed by atoms with Crippen LogP contribution in [-0.2, 0) is 10.2 Å². The van der Waals surface area contributed by atoms with E-state index in [1.807, 2.05) is 27.7 Å². The van der Waals surface area contributed by atoms with Gasteiger partial charge >= 0.3 is 12.0 Å². The van der Waals surface area contributed by atoms with Crippen molar-refractivity contribution in [2.75, 3.05) is 18.5 Å². The maximum Gasteiger partial charge on any atom is 0.325 e. The number of carboxylic acids is 1. The van der Waals surface area contributed by atoms with Crippen LogP contribution in [0.2, 0.25) is 0 Å². The lowest BCUT2D eigenvalue weighted by Crippen LogP contribution is -2.57. The van der Waals surface area contributed by atoms with Gasteiger partial charge in [-0.1, -0.05) is 32.9 Å². The summed E-state index contributed by atoms with van der Waals surface area (Å²) in [5.41, 5.74) is -0.234. The number of carbonyl (C=O) groups is 2. The molecule has 1 aliphatic heterocycles. The molecule has 0 aromatic carbocycles. The summed E-state index contributed by atoms with van der Waals surface area (Å²) in [5.74, 6) is -0.464. The van der Waals surface area contributed by atoms with E-state index in [1.165, 1.54) is 4.90 Å². The minimum absolute atomic E-state index is 0.234. The highest BCUT2D eigenvalue weighted by molar-refractivity contribution is 5.93. The van der Waals surface area contributed by atoms with Crippen molar-refractivity contribution in [3.8, 4) is 0 Å². The van der Waals surface area contributed by atoms with E-state index >= 15 is 0 Å². The third kappa shape index (κ3) is 3.33. The molecular formula is C16H25N3O4. The third-order valence-electron chi connectivity index (χ3n) is 4.33. The summed E-state index contributed by atoms with van der Waals surface area (Å²) in [6.07, 6.45) is 1.04. The average molecular weight is 323 g/mol. The minimum Gasteiger partial charge on any atom is -0.481 e.